The average molecular weight is 231 g/mol. The maximum absolute atomic E-state index is 5.22. The molecular formula is C9H15BrN2. The van der Waals surface area contributed by atoms with Gasteiger partial charge in [-0.2, -0.15) is 0 Å². The zero-order valence-corrected chi connectivity index (χ0v) is 9.27. The molecule has 3 heteroatoms. The maximum atomic E-state index is 5.22. The molecule has 0 saturated heterocycles. The normalized spacial score (nSPS) is 8.42. The van der Waals surface area contributed by atoms with Crippen molar-refractivity contribution in [3.8, 4) is 0 Å². The molecule has 0 aliphatic rings. The van der Waals surface area contributed by atoms with Gasteiger partial charge in [-0.3, -0.25) is 5.84 Å². The van der Waals surface area contributed by atoms with Crippen molar-refractivity contribution in [1.29, 1.82) is 0 Å². The topological polar surface area (TPSA) is 38.0 Å². The summed E-state index contributed by atoms with van der Waals surface area (Å²) in [5, 5.41) is 0. The summed E-state index contributed by atoms with van der Waals surface area (Å²) in [5.41, 5.74) is 4.70. The zero-order chi connectivity index (χ0) is 9.56. The number of aryl methyl sites for hydroxylation is 1. The van der Waals surface area contributed by atoms with E-state index in [0.717, 1.165) is 10.2 Å². The highest BCUT2D eigenvalue weighted by Crippen LogP contribution is 2.21. The molecule has 3 N–H and O–H groups in total. The van der Waals surface area contributed by atoms with Crippen LogP contribution in [-0.2, 0) is 0 Å². The molecular weight excluding hydrogens is 216 g/mol. The molecule has 0 heterocycles. The number of hydrogen-bond acceptors (Lipinski definition) is 2. The SMILES string of the molecule is CC.Cc1ccc(NN)c(Br)c1. The van der Waals surface area contributed by atoms with Gasteiger partial charge in [-0.1, -0.05) is 19.9 Å². The van der Waals surface area contributed by atoms with E-state index in [1.165, 1.54) is 5.56 Å². The number of hydrogen-bond donors (Lipinski definition) is 2. The number of anilines is 1. The fraction of sp³-hybridized carbons (Fsp3) is 0.333. The van der Waals surface area contributed by atoms with Crippen LogP contribution in [0.1, 0.15) is 19.4 Å². The Morgan fingerprint density at radius 1 is 1.33 bits per heavy atom. The number of benzene rings is 1. The first-order chi connectivity index (χ1) is 5.74. The molecule has 0 aromatic heterocycles. The quantitative estimate of drug-likeness (QED) is 0.575. The molecule has 12 heavy (non-hydrogen) atoms. The second-order valence-electron chi connectivity index (χ2n) is 2.13. The Labute approximate surface area is 82.3 Å². The van der Waals surface area contributed by atoms with Crippen LogP contribution in [0.2, 0.25) is 0 Å². The summed E-state index contributed by atoms with van der Waals surface area (Å²) >= 11 is 3.36. The number of halogens is 1. The molecule has 1 aromatic carbocycles. The second kappa shape index (κ2) is 6.03. The molecule has 0 amide bonds. The Morgan fingerprint density at radius 3 is 2.33 bits per heavy atom. The van der Waals surface area contributed by atoms with Gasteiger partial charge in [0.2, 0.25) is 0 Å². The Hall–Kier alpha value is -0.540. The van der Waals surface area contributed by atoms with Crippen molar-refractivity contribution in [2.45, 2.75) is 20.8 Å². The first-order valence-corrected chi connectivity index (χ1v) is 4.76. The van der Waals surface area contributed by atoms with Gasteiger partial charge < -0.3 is 5.43 Å². The number of hydrazine groups is 1. The van der Waals surface area contributed by atoms with Gasteiger partial charge in [-0.05, 0) is 40.5 Å². The summed E-state index contributed by atoms with van der Waals surface area (Å²) in [6, 6.07) is 5.94. The van der Waals surface area contributed by atoms with E-state index in [4.69, 9.17) is 5.84 Å². The van der Waals surface area contributed by atoms with E-state index >= 15 is 0 Å². The lowest BCUT2D eigenvalue weighted by Crippen LogP contribution is -2.06. The molecule has 0 aliphatic heterocycles. The molecule has 0 unspecified atom stereocenters. The predicted molar refractivity (Wildman–Crippen MR) is 58.0 cm³/mol. The maximum Gasteiger partial charge on any atom is 0.0627 e. The largest absolute Gasteiger partial charge is 0.323 e. The smallest absolute Gasteiger partial charge is 0.0627 e. The van der Waals surface area contributed by atoms with E-state index in [-0.39, 0.29) is 0 Å². The third-order valence-electron chi connectivity index (χ3n) is 1.28. The van der Waals surface area contributed by atoms with Crippen LogP contribution in [0.15, 0.2) is 22.7 Å². The Balaban J connectivity index is 0.000000561. The molecule has 0 aliphatic carbocycles. The highest BCUT2D eigenvalue weighted by molar-refractivity contribution is 9.10. The molecule has 1 aromatic rings. The molecule has 1 rings (SSSR count). The van der Waals surface area contributed by atoms with Crippen LogP contribution in [0.4, 0.5) is 5.69 Å². The lowest BCUT2D eigenvalue weighted by atomic mass is 10.2. The van der Waals surface area contributed by atoms with Gasteiger partial charge >= 0.3 is 0 Å². The van der Waals surface area contributed by atoms with E-state index in [1.54, 1.807) is 0 Å². The predicted octanol–water partition coefficient (Wildman–Crippen LogP) is 3.07. The third kappa shape index (κ3) is 3.24. The van der Waals surface area contributed by atoms with Crippen molar-refractivity contribution in [3.05, 3.63) is 28.2 Å². The van der Waals surface area contributed by atoms with Crippen molar-refractivity contribution >= 4 is 21.6 Å². The van der Waals surface area contributed by atoms with Crippen LogP contribution in [0.3, 0.4) is 0 Å². The van der Waals surface area contributed by atoms with Crippen molar-refractivity contribution in [3.63, 3.8) is 0 Å². The summed E-state index contributed by atoms with van der Waals surface area (Å²) in [6.07, 6.45) is 0. The highest BCUT2D eigenvalue weighted by Gasteiger charge is 1.94. The lowest BCUT2D eigenvalue weighted by molar-refractivity contribution is 1.32. The Bertz CT molecular complexity index is 236. The summed E-state index contributed by atoms with van der Waals surface area (Å²) in [6.45, 7) is 6.03. The van der Waals surface area contributed by atoms with Gasteiger partial charge in [0.1, 0.15) is 0 Å². The third-order valence-corrected chi connectivity index (χ3v) is 1.94. The van der Waals surface area contributed by atoms with Crippen LogP contribution in [0.25, 0.3) is 0 Å². The molecule has 0 saturated carbocycles. The van der Waals surface area contributed by atoms with Crippen LogP contribution < -0.4 is 11.3 Å². The van der Waals surface area contributed by atoms with E-state index in [1.807, 2.05) is 39.0 Å². The van der Waals surface area contributed by atoms with Gasteiger partial charge in [0.25, 0.3) is 0 Å². The first kappa shape index (κ1) is 11.5. The molecule has 68 valence electrons. The molecule has 0 bridgehead atoms. The fourth-order valence-electron chi connectivity index (χ4n) is 0.737. The monoisotopic (exact) mass is 230 g/mol. The van der Waals surface area contributed by atoms with Gasteiger partial charge in [0.05, 0.1) is 5.69 Å². The first-order valence-electron chi connectivity index (χ1n) is 3.97. The minimum Gasteiger partial charge on any atom is -0.323 e. The standard InChI is InChI=1S/C7H9BrN2.C2H6/c1-5-2-3-7(10-9)6(8)4-5;1-2/h2-4,10H,9H2,1H3;1-2H3. The molecule has 0 fully saturated rings. The van der Waals surface area contributed by atoms with Crippen LogP contribution in [-0.4, -0.2) is 0 Å². The minimum absolute atomic E-state index is 0.908. The Kier molecular flexibility index (Phi) is 5.76. The van der Waals surface area contributed by atoms with Gasteiger partial charge in [0, 0.05) is 4.47 Å². The number of nitrogens with two attached hydrogens (primary N) is 1. The van der Waals surface area contributed by atoms with Crippen LogP contribution in [0.5, 0.6) is 0 Å². The van der Waals surface area contributed by atoms with Gasteiger partial charge in [-0.15, -0.1) is 0 Å². The van der Waals surface area contributed by atoms with E-state index in [9.17, 15) is 0 Å². The van der Waals surface area contributed by atoms with E-state index in [0.29, 0.717) is 0 Å². The molecule has 0 atom stereocenters. The molecule has 0 radical (unpaired) electrons. The summed E-state index contributed by atoms with van der Waals surface area (Å²) in [7, 11) is 0. The highest BCUT2D eigenvalue weighted by atomic mass is 79.9. The fourth-order valence-corrected chi connectivity index (χ4v) is 1.34. The van der Waals surface area contributed by atoms with E-state index in [2.05, 4.69) is 21.4 Å². The molecule has 0 spiro atoms. The minimum atomic E-state index is 0.908. The number of nitrogen functional groups attached to an aromatic ring is 1. The van der Waals surface area contributed by atoms with Crippen molar-refractivity contribution in [1.82, 2.24) is 0 Å². The van der Waals surface area contributed by atoms with Crippen LogP contribution in [0, 0.1) is 6.92 Å². The van der Waals surface area contributed by atoms with Gasteiger partial charge in [-0.25, -0.2) is 0 Å². The summed E-state index contributed by atoms with van der Waals surface area (Å²) in [5.74, 6) is 5.22. The van der Waals surface area contributed by atoms with Gasteiger partial charge in [0.15, 0.2) is 0 Å². The zero-order valence-electron chi connectivity index (χ0n) is 7.69. The average Bonchev–Trinajstić information content (AvgIpc) is 2.08. The number of rotatable bonds is 1. The van der Waals surface area contributed by atoms with Crippen LogP contribution >= 0.6 is 15.9 Å². The Morgan fingerprint density at radius 2 is 1.92 bits per heavy atom. The second-order valence-corrected chi connectivity index (χ2v) is 2.98. The van der Waals surface area contributed by atoms with Crippen molar-refractivity contribution in [2.24, 2.45) is 5.84 Å². The molecule has 2 nitrogen and oxygen atoms in total. The van der Waals surface area contributed by atoms with Crippen molar-refractivity contribution in [2.75, 3.05) is 5.43 Å². The van der Waals surface area contributed by atoms with E-state index < -0.39 is 0 Å². The lowest BCUT2D eigenvalue weighted by Gasteiger charge is -2.02. The van der Waals surface area contributed by atoms with Crippen molar-refractivity contribution < 1.29 is 0 Å². The summed E-state index contributed by atoms with van der Waals surface area (Å²) < 4.78 is 0.995. The number of nitrogens with one attached hydrogen (secondary N) is 1. The summed E-state index contributed by atoms with van der Waals surface area (Å²) in [4.78, 5) is 0.